The lowest BCUT2D eigenvalue weighted by Gasteiger charge is -2.34. The SMILES string of the molecule is CC[C@H](C)CCNC(=O)OC(CC(C(C)C)N(C)C(=O)CNC(=O)C12CCC(CC1)N2C)c1nc(C(=O)O)cs1. The Morgan fingerprint density at radius 1 is 1.23 bits per heavy atom. The molecule has 11 nitrogen and oxygen atoms in total. The van der Waals surface area contributed by atoms with Crippen LogP contribution in [0.4, 0.5) is 4.79 Å². The molecule has 40 heavy (non-hydrogen) atoms. The smallest absolute Gasteiger partial charge is 0.407 e. The second-order valence-electron chi connectivity index (χ2n) is 11.6. The number of ether oxygens (including phenoxy) is 1. The van der Waals surface area contributed by atoms with Crippen LogP contribution in [0.15, 0.2) is 5.38 Å². The minimum Gasteiger partial charge on any atom is -0.476 e. The average molecular weight is 580 g/mol. The Bertz CT molecular complexity index is 1050. The molecule has 2 aliphatic heterocycles. The third-order valence-electron chi connectivity index (χ3n) is 8.81. The standard InChI is InChI=1S/C28H45N5O6S/c1-7-18(4)10-13-29-27(38)39-22(24-31-20(16-40-24)25(35)36)14-21(17(2)3)32(5)23(34)15-30-26(37)28-11-8-19(9-12-28)33(28)6/h16-19,21-22H,7-15H2,1-6H3,(H,29,38)(H,30,37)(H,35,36)/t18-,19?,21?,22?,28?/m0/s1. The van der Waals surface area contributed by atoms with Crippen LogP contribution in [0.2, 0.25) is 0 Å². The van der Waals surface area contributed by atoms with Gasteiger partial charge in [0.15, 0.2) is 11.8 Å². The lowest BCUT2D eigenvalue weighted by molar-refractivity contribution is -0.137. The maximum absolute atomic E-state index is 13.2. The molecule has 2 bridgehead atoms. The van der Waals surface area contributed by atoms with E-state index in [0.717, 1.165) is 49.9 Å². The minimum absolute atomic E-state index is 0.0155. The fourth-order valence-electron chi connectivity index (χ4n) is 5.81. The van der Waals surface area contributed by atoms with Gasteiger partial charge in [0, 0.05) is 37.5 Å². The van der Waals surface area contributed by atoms with E-state index in [-0.39, 0.29) is 42.4 Å². The molecule has 2 unspecified atom stereocenters. The molecule has 3 rings (SSSR count). The van der Waals surface area contributed by atoms with Crippen LogP contribution in [0.25, 0.3) is 0 Å². The average Bonchev–Trinajstić information content (AvgIpc) is 3.63. The van der Waals surface area contributed by atoms with Gasteiger partial charge in [0.2, 0.25) is 11.8 Å². The van der Waals surface area contributed by atoms with Gasteiger partial charge in [-0.05, 0) is 51.0 Å². The van der Waals surface area contributed by atoms with E-state index >= 15 is 0 Å². The highest BCUT2D eigenvalue weighted by Crippen LogP contribution is 2.45. The second kappa shape index (κ2) is 13.8. The summed E-state index contributed by atoms with van der Waals surface area (Å²) in [5.74, 6) is -1.07. The van der Waals surface area contributed by atoms with Crippen LogP contribution in [0.5, 0.6) is 0 Å². The number of thiazole rings is 1. The molecule has 0 radical (unpaired) electrons. The third-order valence-corrected chi connectivity index (χ3v) is 9.75. The molecule has 0 aliphatic carbocycles. The number of nitrogens with one attached hydrogen (secondary N) is 2. The lowest BCUT2D eigenvalue weighted by Crippen LogP contribution is -2.54. The summed E-state index contributed by atoms with van der Waals surface area (Å²) in [6.45, 7) is 8.46. The van der Waals surface area contributed by atoms with Crippen LogP contribution in [-0.2, 0) is 14.3 Å². The fourth-order valence-corrected chi connectivity index (χ4v) is 6.65. The summed E-state index contributed by atoms with van der Waals surface area (Å²) in [4.78, 5) is 58.4. The van der Waals surface area contributed by atoms with Crippen molar-refractivity contribution in [1.29, 1.82) is 0 Å². The normalized spacial score (nSPS) is 22.5. The number of rotatable bonds is 14. The number of carbonyl (C=O) groups excluding carboxylic acids is 3. The first kappa shape index (κ1) is 31.8. The zero-order valence-corrected chi connectivity index (χ0v) is 25.4. The van der Waals surface area contributed by atoms with E-state index in [1.807, 2.05) is 20.9 Å². The Morgan fingerprint density at radius 2 is 1.90 bits per heavy atom. The van der Waals surface area contributed by atoms with Crippen LogP contribution in [0, 0.1) is 11.8 Å². The molecule has 0 saturated carbocycles. The Hall–Kier alpha value is -2.73. The van der Waals surface area contributed by atoms with Crippen LogP contribution in [-0.4, -0.2) is 88.6 Å². The van der Waals surface area contributed by atoms with Crippen LogP contribution in [0.1, 0.15) is 94.2 Å². The first-order valence-corrected chi connectivity index (χ1v) is 15.2. The van der Waals surface area contributed by atoms with Crippen molar-refractivity contribution in [3.05, 3.63) is 16.1 Å². The second-order valence-corrected chi connectivity index (χ2v) is 12.5. The summed E-state index contributed by atoms with van der Waals surface area (Å²) in [5.41, 5.74) is -0.640. The van der Waals surface area contributed by atoms with Crippen molar-refractivity contribution in [2.24, 2.45) is 11.8 Å². The molecule has 224 valence electrons. The van der Waals surface area contributed by atoms with Crippen molar-refractivity contribution in [3.63, 3.8) is 0 Å². The predicted octanol–water partition coefficient (Wildman–Crippen LogP) is 3.66. The zero-order chi connectivity index (χ0) is 29.6. The van der Waals surface area contributed by atoms with E-state index in [4.69, 9.17) is 4.74 Å². The van der Waals surface area contributed by atoms with E-state index in [1.54, 1.807) is 11.9 Å². The third kappa shape index (κ3) is 7.31. The molecule has 3 heterocycles. The van der Waals surface area contributed by atoms with Crippen LogP contribution in [0.3, 0.4) is 0 Å². The number of hydrogen-bond acceptors (Lipinski definition) is 8. The van der Waals surface area contributed by atoms with Crippen LogP contribution >= 0.6 is 11.3 Å². The van der Waals surface area contributed by atoms with Gasteiger partial charge in [-0.25, -0.2) is 14.6 Å². The summed E-state index contributed by atoms with van der Waals surface area (Å²) < 4.78 is 5.76. The van der Waals surface area contributed by atoms with E-state index in [0.29, 0.717) is 23.5 Å². The maximum Gasteiger partial charge on any atom is 0.407 e. The minimum atomic E-state index is -1.16. The Balaban J connectivity index is 1.67. The topological polar surface area (TPSA) is 141 Å². The van der Waals surface area contributed by atoms with Gasteiger partial charge in [-0.1, -0.05) is 34.1 Å². The zero-order valence-electron chi connectivity index (χ0n) is 24.6. The molecule has 2 aliphatic rings. The number of alkyl carbamates (subject to hydrolysis) is 1. The quantitative estimate of drug-likeness (QED) is 0.303. The highest BCUT2D eigenvalue weighted by atomic mass is 32.1. The molecule has 0 aromatic carbocycles. The summed E-state index contributed by atoms with van der Waals surface area (Å²) in [7, 11) is 3.67. The fraction of sp³-hybridized carbons (Fsp3) is 0.750. The predicted molar refractivity (Wildman–Crippen MR) is 152 cm³/mol. The van der Waals surface area contributed by atoms with E-state index in [1.165, 1.54) is 5.38 Å². The number of aromatic nitrogens is 1. The van der Waals surface area contributed by atoms with Crippen molar-refractivity contribution in [2.45, 2.75) is 96.4 Å². The monoisotopic (exact) mass is 579 g/mol. The number of carboxylic acid groups (broad SMARTS) is 1. The number of nitrogens with zero attached hydrogens (tertiary/aromatic N) is 3. The number of fused-ring (bicyclic) bond motifs is 2. The van der Waals surface area contributed by atoms with Gasteiger partial charge in [0.25, 0.3) is 0 Å². The molecular formula is C28H45N5O6S. The number of carboxylic acids is 1. The maximum atomic E-state index is 13.2. The number of hydrogen-bond donors (Lipinski definition) is 3. The van der Waals surface area contributed by atoms with Gasteiger partial charge in [0.1, 0.15) is 10.5 Å². The Kier molecular flexibility index (Phi) is 10.9. The highest BCUT2D eigenvalue weighted by Gasteiger charge is 2.54. The number of amides is 3. The van der Waals surface area contributed by atoms with Crippen molar-refractivity contribution in [3.8, 4) is 0 Å². The molecule has 3 atom stereocenters. The molecule has 3 amide bonds. The molecular weight excluding hydrogens is 534 g/mol. The first-order chi connectivity index (χ1) is 18.9. The van der Waals surface area contributed by atoms with Crippen molar-refractivity contribution >= 4 is 35.2 Å². The molecule has 0 spiro atoms. The first-order valence-electron chi connectivity index (χ1n) is 14.3. The Morgan fingerprint density at radius 3 is 2.42 bits per heavy atom. The Labute approximate surface area is 241 Å². The summed E-state index contributed by atoms with van der Waals surface area (Å²) in [6, 6.07) is 0.0776. The van der Waals surface area contributed by atoms with Gasteiger partial charge >= 0.3 is 12.1 Å². The molecule has 2 saturated heterocycles. The van der Waals surface area contributed by atoms with E-state index in [9.17, 15) is 24.3 Å². The van der Waals surface area contributed by atoms with Gasteiger partial charge in [-0.3, -0.25) is 14.5 Å². The lowest BCUT2D eigenvalue weighted by atomic mass is 9.87. The van der Waals surface area contributed by atoms with E-state index in [2.05, 4.69) is 34.4 Å². The molecule has 2 fully saturated rings. The number of aromatic carboxylic acids is 1. The van der Waals surface area contributed by atoms with Gasteiger partial charge in [-0.15, -0.1) is 11.3 Å². The highest BCUT2D eigenvalue weighted by molar-refractivity contribution is 7.09. The van der Waals surface area contributed by atoms with Crippen molar-refractivity contribution in [2.75, 3.05) is 27.2 Å². The number of likely N-dealkylation sites (N-methyl/N-ethyl adjacent to an activating group) is 2. The molecule has 1 aromatic rings. The number of carbonyl (C=O) groups is 4. The largest absolute Gasteiger partial charge is 0.476 e. The summed E-state index contributed by atoms with van der Waals surface area (Å²) in [5, 5.41) is 16.8. The van der Waals surface area contributed by atoms with E-state index < -0.39 is 23.7 Å². The molecule has 3 N–H and O–H groups in total. The van der Waals surface area contributed by atoms with Gasteiger partial charge in [-0.2, -0.15) is 0 Å². The van der Waals surface area contributed by atoms with Crippen LogP contribution < -0.4 is 10.6 Å². The van der Waals surface area contributed by atoms with Gasteiger partial charge in [0.05, 0.1) is 6.54 Å². The summed E-state index contributed by atoms with van der Waals surface area (Å²) >= 11 is 1.11. The van der Waals surface area contributed by atoms with Crippen molar-refractivity contribution < 1.29 is 29.0 Å². The summed E-state index contributed by atoms with van der Waals surface area (Å²) in [6.07, 6.45) is 4.21. The van der Waals surface area contributed by atoms with Crippen molar-refractivity contribution in [1.82, 2.24) is 25.4 Å². The van der Waals surface area contributed by atoms with Gasteiger partial charge < -0.3 is 25.4 Å². The molecule has 1 aromatic heterocycles. The molecule has 12 heteroatoms.